The van der Waals surface area contributed by atoms with Crippen molar-refractivity contribution in [1.29, 1.82) is 0 Å². The molecule has 0 aromatic rings. The average Bonchev–Trinajstić information content (AvgIpc) is 2.32. The van der Waals surface area contributed by atoms with E-state index in [1.54, 1.807) is 6.92 Å². The second kappa shape index (κ2) is 9.90. The molecular formula is C15H27F2IO2. The fourth-order valence-corrected chi connectivity index (χ4v) is 2.99. The van der Waals surface area contributed by atoms with Crippen molar-refractivity contribution in [2.45, 2.75) is 81.5 Å². The zero-order valence-corrected chi connectivity index (χ0v) is 15.0. The van der Waals surface area contributed by atoms with E-state index < -0.39 is 21.7 Å². The summed E-state index contributed by atoms with van der Waals surface area (Å²) in [6.07, 6.45) is 7.08. The second-order valence-corrected chi connectivity index (χ2v) is 8.14. The molecule has 0 amide bonds. The summed E-state index contributed by atoms with van der Waals surface area (Å²) in [6.45, 7) is 5.48. The molecule has 0 aliphatic rings. The van der Waals surface area contributed by atoms with Crippen molar-refractivity contribution >= 4 is 28.6 Å². The van der Waals surface area contributed by atoms with E-state index in [1.807, 2.05) is 22.6 Å². The van der Waals surface area contributed by atoms with E-state index in [9.17, 15) is 13.6 Å². The Balaban J connectivity index is 4.07. The third kappa shape index (κ3) is 9.08. The van der Waals surface area contributed by atoms with E-state index in [2.05, 4.69) is 11.7 Å². The van der Waals surface area contributed by atoms with Crippen LogP contribution in [-0.4, -0.2) is 21.9 Å². The molecule has 0 radical (unpaired) electrons. The third-order valence-corrected chi connectivity index (χ3v) is 4.14. The molecule has 0 aromatic heterocycles. The van der Waals surface area contributed by atoms with Gasteiger partial charge in [-0.15, -0.1) is 0 Å². The molecule has 0 saturated heterocycles. The van der Waals surface area contributed by atoms with Gasteiger partial charge in [0.05, 0.1) is 6.61 Å². The summed E-state index contributed by atoms with van der Waals surface area (Å²) in [4.78, 5) is 11.2. The lowest BCUT2D eigenvalue weighted by atomic mass is 9.95. The van der Waals surface area contributed by atoms with E-state index in [-0.39, 0.29) is 6.61 Å². The first-order valence-corrected chi connectivity index (χ1v) is 8.57. The van der Waals surface area contributed by atoms with Crippen LogP contribution in [0.1, 0.15) is 72.1 Å². The van der Waals surface area contributed by atoms with Crippen LogP contribution in [0.15, 0.2) is 0 Å². The highest BCUT2D eigenvalue weighted by molar-refractivity contribution is 14.1. The van der Waals surface area contributed by atoms with Gasteiger partial charge >= 0.3 is 11.9 Å². The highest BCUT2D eigenvalue weighted by atomic mass is 127. The molecule has 0 aliphatic heterocycles. The topological polar surface area (TPSA) is 26.3 Å². The van der Waals surface area contributed by atoms with Crippen LogP contribution in [0.3, 0.4) is 0 Å². The number of alkyl halides is 3. The summed E-state index contributed by atoms with van der Waals surface area (Å²) in [5, 5.41) is 0. The van der Waals surface area contributed by atoms with Crippen LogP contribution in [0, 0.1) is 0 Å². The van der Waals surface area contributed by atoms with Crippen molar-refractivity contribution < 1.29 is 18.3 Å². The Morgan fingerprint density at radius 2 is 1.65 bits per heavy atom. The number of ether oxygens (including phenoxy) is 1. The standard InChI is InChI=1S/C15H27F2IO2/c1-4-6-7-8-9-10-11-14(3,18)12-15(16,17)13(19)20-5-2/h4-12H2,1-3H3. The van der Waals surface area contributed by atoms with Crippen molar-refractivity contribution in [2.75, 3.05) is 6.61 Å². The smallest absolute Gasteiger partial charge is 0.377 e. The van der Waals surface area contributed by atoms with Crippen LogP contribution >= 0.6 is 22.6 Å². The summed E-state index contributed by atoms with van der Waals surface area (Å²) in [7, 11) is 0. The Bertz CT molecular complexity index is 281. The first kappa shape index (κ1) is 20.1. The van der Waals surface area contributed by atoms with Crippen LogP contribution in [0.5, 0.6) is 0 Å². The van der Waals surface area contributed by atoms with Gasteiger partial charge in [-0.1, -0.05) is 75.0 Å². The van der Waals surface area contributed by atoms with Crippen LogP contribution in [0.25, 0.3) is 0 Å². The molecule has 0 aliphatic carbocycles. The minimum Gasteiger partial charge on any atom is -0.462 e. The normalized spacial score (nSPS) is 14.9. The van der Waals surface area contributed by atoms with Crippen LogP contribution in [0.4, 0.5) is 8.78 Å². The molecule has 120 valence electrons. The third-order valence-electron chi connectivity index (χ3n) is 3.22. The van der Waals surface area contributed by atoms with E-state index in [1.165, 1.54) is 26.2 Å². The molecule has 0 N–H and O–H groups in total. The molecule has 0 rings (SSSR count). The second-order valence-electron chi connectivity index (χ2n) is 5.53. The molecule has 1 unspecified atom stereocenters. The number of hydrogen-bond donors (Lipinski definition) is 0. The number of hydrogen-bond acceptors (Lipinski definition) is 2. The number of carbonyl (C=O) groups is 1. The molecule has 0 bridgehead atoms. The van der Waals surface area contributed by atoms with Gasteiger partial charge in [-0.05, 0) is 13.3 Å². The van der Waals surface area contributed by atoms with E-state index in [4.69, 9.17) is 0 Å². The Morgan fingerprint density at radius 3 is 2.20 bits per heavy atom. The fraction of sp³-hybridized carbons (Fsp3) is 0.933. The molecule has 0 aromatic carbocycles. The maximum Gasteiger partial charge on any atom is 0.377 e. The van der Waals surface area contributed by atoms with Crippen molar-refractivity contribution in [3.63, 3.8) is 0 Å². The number of carbonyl (C=O) groups excluding carboxylic acids is 1. The van der Waals surface area contributed by atoms with Gasteiger partial charge in [0.2, 0.25) is 0 Å². The predicted molar refractivity (Wildman–Crippen MR) is 86.6 cm³/mol. The number of unbranched alkanes of at least 4 members (excludes halogenated alkanes) is 5. The first-order chi connectivity index (χ1) is 9.25. The monoisotopic (exact) mass is 404 g/mol. The largest absolute Gasteiger partial charge is 0.462 e. The van der Waals surface area contributed by atoms with Crippen molar-refractivity contribution in [1.82, 2.24) is 0 Å². The molecular weight excluding hydrogens is 377 g/mol. The van der Waals surface area contributed by atoms with Gasteiger partial charge in [0.25, 0.3) is 0 Å². The first-order valence-electron chi connectivity index (χ1n) is 7.49. The minimum atomic E-state index is -3.38. The van der Waals surface area contributed by atoms with Gasteiger partial charge in [0, 0.05) is 9.84 Å². The van der Waals surface area contributed by atoms with Crippen LogP contribution < -0.4 is 0 Å². The van der Waals surface area contributed by atoms with Crippen molar-refractivity contribution in [3.8, 4) is 0 Å². The number of rotatable bonds is 11. The average molecular weight is 404 g/mol. The molecule has 0 spiro atoms. The highest BCUT2D eigenvalue weighted by Crippen LogP contribution is 2.37. The van der Waals surface area contributed by atoms with Gasteiger partial charge in [0.1, 0.15) is 0 Å². The van der Waals surface area contributed by atoms with E-state index in [0.29, 0.717) is 6.42 Å². The van der Waals surface area contributed by atoms with Crippen molar-refractivity contribution in [3.05, 3.63) is 0 Å². The Labute approximate surface area is 135 Å². The number of halogens is 3. The molecule has 1 atom stereocenters. The highest BCUT2D eigenvalue weighted by Gasteiger charge is 2.45. The lowest BCUT2D eigenvalue weighted by Gasteiger charge is -2.26. The van der Waals surface area contributed by atoms with Gasteiger partial charge in [-0.3, -0.25) is 0 Å². The van der Waals surface area contributed by atoms with Gasteiger partial charge < -0.3 is 4.74 Å². The van der Waals surface area contributed by atoms with Gasteiger partial charge in [-0.25, -0.2) is 4.79 Å². The molecule has 0 saturated carbocycles. The summed E-state index contributed by atoms with van der Waals surface area (Å²) in [6, 6.07) is 0. The summed E-state index contributed by atoms with van der Waals surface area (Å²) < 4.78 is 31.3. The van der Waals surface area contributed by atoms with Crippen molar-refractivity contribution in [2.24, 2.45) is 0 Å². The van der Waals surface area contributed by atoms with Crippen LogP contribution in [-0.2, 0) is 9.53 Å². The Morgan fingerprint density at radius 1 is 1.10 bits per heavy atom. The zero-order valence-electron chi connectivity index (χ0n) is 12.8. The minimum absolute atomic E-state index is 0.0101. The zero-order chi connectivity index (χ0) is 15.6. The predicted octanol–water partition coefficient (Wildman–Crippen LogP) is 5.52. The van der Waals surface area contributed by atoms with E-state index >= 15 is 0 Å². The Kier molecular flexibility index (Phi) is 9.93. The summed E-state index contributed by atoms with van der Waals surface area (Å²) in [5.74, 6) is -4.78. The maximum atomic E-state index is 13.7. The molecule has 0 heterocycles. The molecule has 0 fully saturated rings. The quantitative estimate of drug-likeness (QED) is 0.196. The number of esters is 1. The van der Waals surface area contributed by atoms with Gasteiger partial charge in [-0.2, -0.15) is 8.78 Å². The van der Waals surface area contributed by atoms with E-state index in [0.717, 1.165) is 19.3 Å². The van der Waals surface area contributed by atoms with Crippen LogP contribution in [0.2, 0.25) is 0 Å². The lowest BCUT2D eigenvalue weighted by Crippen LogP contribution is -2.37. The molecule has 5 heteroatoms. The molecule has 20 heavy (non-hydrogen) atoms. The maximum absolute atomic E-state index is 13.7. The molecule has 2 nitrogen and oxygen atoms in total. The summed E-state index contributed by atoms with van der Waals surface area (Å²) >= 11 is 2.04. The summed E-state index contributed by atoms with van der Waals surface area (Å²) in [5.41, 5.74) is 0. The van der Waals surface area contributed by atoms with Gasteiger partial charge in [0.15, 0.2) is 0 Å². The Hall–Kier alpha value is 0.0600. The lowest BCUT2D eigenvalue weighted by molar-refractivity contribution is -0.173. The fourth-order valence-electron chi connectivity index (χ4n) is 2.13. The SMILES string of the molecule is CCCCCCCCC(C)(I)CC(F)(F)C(=O)OCC.